The van der Waals surface area contributed by atoms with Crippen LogP contribution in [-0.4, -0.2) is 55.2 Å². The fraction of sp³-hybridized carbons (Fsp3) is 0.500. The van der Waals surface area contributed by atoms with Crippen molar-refractivity contribution in [3.05, 3.63) is 35.9 Å². The van der Waals surface area contributed by atoms with Crippen molar-refractivity contribution in [1.29, 1.82) is 0 Å². The summed E-state index contributed by atoms with van der Waals surface area (Å²) in [6, 6.07) is 2.97. The first-order valence-corrected chi connectivity index (χ1v) is 10.4. The maximum atomic E-state index is 14.9. The quantitative estimate of drug-likeness (QED) is 0.471. The summed E-state index contributed by atoms with van der Waals surface area (Å²) >= 11 is 0. The second kappa shape index (κ2) is 8.87. The van der Waals surface area contributed by atoms with Gasteiger partial charge in [0.25, 0.3) is 0 Å². The highest BCUT2D eigenvalue weighted by molar-refractivity contribution is 5.67. The third-order valence-corrected chi connectivity index (χ3v) is 5.22. The number of hydrogen-bond donors (Lipinski definition) is 3. The Morgan fingerprint density at radius 1 is 1.36 bits per heavy atom. The Hall–Kier alpha value is -3.38. The second-order valence-electron chi connectivity index (χ2n) is 8.23. The van der Waals surface area contributed by atoms with Crippen molar-refractivity contribution in [2.45, 2.75) is 63.5 Å². The fourth-order valence-electron chi connectivity index (χ4n) is 3.84. The van der Waals surface area contributed by atoms with Crippen LogP contribution in [0.15, 0.2) is 24.5 Å². The Balaban J connectivity index is 1.45. The fourth-order valence-corrected chi connectivity index (χ4v) is 3.84. The monoisotopic (exact) mass is 469 g/mol. The van der Waals surface area contributed by atoms with Gasteiger partial charge in [-0.15, -0.1) is 0 Å². The second-order valence-corrected chi connectivity index (χ2v) is 8.23. The molecule has 0 unspecified atom stereocenters. The number of aromatic nitrogens is 5. The molecule has 9 nitrogen and oxygen atoms in total. The van der Waals surface area contributed by atoms with Crippen molar-refractivity contribution in [2.24, 2.45) is 0 Å². The van der Waals surface area contributed by atoms with E-state index in [1.54, 1.807) is 19.9 Å². The molecule has 1 aliphatic rings. The van der Waals surface area contributed by atoms with Gasteiger partial charge in [0, 0.05) is 36.1 Å². The van der Waals surface area contributed by atoms with Gasteiger partial charge in [0.2, 0.25) is 5.95 Å². The first-order chi connectivity index (χ1) is 15.6. The summed E-state index contributed by atoms with van der Waals surface area (Å²) in [5.74, 6) is -0.0215. The molecule has 1 saturated carbocycles. The molecule has 178 valence electrons. The number of anilines is 2. The zero-order valence-electron chi connectivity index (χ0n) is 17.9. The highest BCUT2D eigenvalue weighted by atomic mass is 19.4. The molecule has 1 fully saturated rings. The van der Waals surface area contributed by atoms with Gasteiger partial charge in [-0.3, -0.25) is 9.50 Å². The van der Waals surface area contributed by atoms with Crippen LogP contribution in [0, 0.1) is 0 Å². The Bertz CT molecular complexity index is 1130. The van der Waals surface area contributed by atoms with Gasteiger partial charge in [-0.2, -0.15) is 18.3 Å². The molecule has 4 rings (SSSR count). The molecule has 3 atom stereocenters. The largest absolute Gasteiger partial charge is 0.443 e. The molecule has 13 heteroatoms. The maximum absolute atomic E-state index is 14.9. The number of amides is 1. The summed E-state index contributed by atoms with van der Waals surface area (Å²) in [5, 5.41) is 12.4. The average molecular weight is 469 g/mol. The summed E-state index contributed by atoms with van der Waals surface area (Å²) in [4.78, 5) is 19.9. The van der Waals surface area contributed by atoms with E-state index in [1.165, 1.54) is 22.9 Å². The molecule has 1 amide bonds. The topological polar surface area (TPSA) is 109 Å². The van der Waals surface area contributed by atoms with Crippen LogP contribution in [0.25, 0.3) is 5.65 Å². The first-order valence-electron chi connectivity index (χ1n) is 10.4. The van der Waals surface area contributed by atoms with Crippen LogP contribution in [-0.2, 0) is 11.2 Å². The van der Waals surface area contributed by atoms with E-state index in [0.29, 0.717) is 30.0 Å². The SMILES string of the molecule is CC(C)NC(=O)O[C@@H]1CC[C@H](c2cc(Nc3nccc4nc(CC(F)(F)F)cn34)n[nH]2)[C@@H]1F. The van der Waals surface area contributed by atoms with Gasteiger partial charge in [0.15, 0.2) is 5.82 Å². The van der Waals surface area contributed by atoms with Crippen molar-refractivity contribution in [1.82, 2.24) is 29.9 Å². The van der Waals surface area contributed by atoms with E-state index in [1.807, 2.05) is 0 Å². The maximum Gasteiger partial charge on any atom is 0.407 e. The Labute approximate surface area is 185 Å². The summed E-state index contributed by atoms with van der Waals surface area (Å²) in [7, 11) is 0. The van der Waals surface area contributed by atoms with Crippen LogP contribution in [0.1, 0.15) is 44.0 Å². The number of hydrogen-bond acceptors (Lipinski definition) is 6. The molecule has 0 spiro atoms. The molecule has 3 N–H and O–H groups in total. The lowest BCUT2D eigenvalue weighted by atomic mass is 10.0. The number of nitrogens with zero attached hydrogens (tertiary/aromatic N) is 4. The van der Waals surface area contributed by atoms with Gasteiger partial charge in [-0.25, -0.2) is 19.2 Å². The molecule has 3 aromatic heterocycles. The molecular weight excluding hydrogens is 446 g/mol. The predicted octanol–water partition coefficient (Wildman–Crippen LogP) is 4.02. The number of carbonyl (C=O) groups is 1. The minimum Gasteiger partial charge on any atom is -0.443 e. The van der Waals surface area contributed by atoms with Crippen molar-refractivity contribution < 1.29 is 27.1 Å². The smallest absolute Gasteiger partial charge is 0.407 e. The van der Waals surface area contributed by atoms with Gasteiger partial charge < -0.3 is 15.4 Å². The van der Waals surface area contributed by atoms with E-state index in [2.05, 4.69) is 30.8 Å². The molecule has 1 aliphatic carbocycles. The van der Waals surface area contributed by atoms with Crippen LogP contribution in [0.3, 0.4) is 0 Å². The van der Waals surface area contributed by atoms with Gasteiger partial charge in [0.05, 0.1) is 12.1 Å². The molecular formula is C20H23F4N7O2. The van der Waals surface area contributed by atoms with Gasteiger partial charge in [-0.05, 0) is 32.8 Å². The van der Waals surface area contributed by atoms with Crippen LogP contribution < -0.4 is 10.6 Å². The minimum absolute atomic E-state index is 0.118. The van der Waals surface area contributed by atoms with Crippen molar-refractivity contribution in [3.63, 3.8) is 0 Å². The zero-order chi connectivity index (χ0) is 23.8. The molecule has 0 bridgehead atoms. The number of fused-ring (bicyclic) bond motifs is 1. The Morgan fingerprint density at radius 3 is 2.88 bits per heavy atom. The van der Waals surface area contributed by atoms with E-state index in [9.17, 15) is 22.4 Å². The highest BCUT2D eigenvalue weighted by Crippen LogP contribution is 2.38. The third-order valence-electron chi connectivity index (χ3n) is 5.22. The normalized spacial score (nSPS) is 21.0. The number of halogens is 4. The average Bonchev–Trinajstić information content (AvgIpc) is 3.40. The van der Waals surface area contributed by atoms with E-state index >= 15 is 0 Å². The van der Waals surface area contributed by atoms with Gasteiger partial charge >= 0.3 is 12.3 Å². The highest BCUT2D eigenvalue weighted by Gasteiger charge is 2.41. The van der Waals surface area contributed by atoms with Gasteiger partial charge in [-0.1, -0.05) is 0 Å². The number of alkyl halides is 4. The molecule has 0 saturated heterocycles. The van der Waals surface area contributed by atoms with Crippen molar-refractivity contribution in [2.75, 3.05) is 5.32 Å². The Kier molecular flexibility index (Phi) is 6.13. The van der Waals surface area contributed by atoms with E-state index < -0.39 is 36.9 Å². The van der Waals surface area contributed by atoms with Crippen LogP contribution >= 0.6 is 0 Å². The minimum atomic E-state index is -4.38. The molecule has 0 aromatic carbocycles. The molecule has 3 heterocycles. The number of ether oxygens (including phenoxy) is 1. The first kappa shape index (κ1) is 22.8. The number of aromatic amines is 1. The number of nitrogens with one attached hydrogen (secondary N) is 3. The van der Waals surface area contributed by atoms with E-state index in [-0.39, 0.29) is 17.7 Å². The number of H-pyrrole nitrogens is 1. The van der Waals surface area contributed by atoms with E-state index in [0.717, 1.165) is 0 Å². The summed E-state index contributed by atoms with van der Waals surface area (Å²) in [6.07, 6.45) is -4.96. The molecule has 3 aromatic rings. The lowest BCUT2D eigenvalue weighted by molar-refractivity contribution is -0.127. The van der Waals surface area contributed by atoms with Crippen molar-refractivity contribution >= 4 is 23.5 Å². The van der Waals surface area contributed by atoms with Crippen LogP contribution in [0.4, 0.5) is 34.1 Å². The van der Waals surface area contributed by atoms with Crippen molar-refractivity contribution in [3.8, 4) is 0 Å². The number of carbonyl (C=O) groups excluding carboxylic acids is 1. The van der Waals surface area contributed by atoms with Gasteiger partial charge in [0.1, 0.15) is 17.9 Å². The molecule has 0 aliphatic heterocycles. The lowest BCUT2D eigenvalue weighted by Crippen LogP contribution is -2.36. The summed E-state index contributed by atoms with van der Waals surface area (Å²) < 4.78 is 59.6. The third kappa shape index (κ3) is 5.34. The predicted molar refractivity (Wildman–Crippen MR) is 110 cm³/mol. The van der Waals surface area contributed by atoms with Crippen LogP contribution in [0.2, 0.25) is 0 Å². The number of alkyl carbamates (subject to hydrolysis) is 1. The Morgan fingerprint density at radius 2 is 2.15 bits per heavy atom. The number of imidazole rings is 1. The summed E-state index contributed by atoms with van der Waals surface area (Å²) in [5.41, 5.74) is 0.665. The summed E-state index contributed by atoms with van der Waals surface area (Å²) in [6.45, 7) is 3.56. The standard InChI is InChI=1S/C20H23F4N7O2/c1-10(2)26-19(32)33-14-4-3-12(17(14)21)13-7-15(30-29-13)28-18-25-6-5-16-27-11(9-31(16)18)8-20(22,23)24/h5-7,9-10,12,14,17H,3-4,8H2,1-2H3,(H,26,32)(H2,25,28,29,30)/t12-,14-,17+/m1/s1. The molecule has 33 heavy (non-hydrogen) atoms. The molecule has 0 radical (unpaired) electrons. The zero-order valence-corrected chi connectivity index (χ0v) is 17.9. The number of rotatable bonds is 6. The van der Waals surface area contributed by atoms with Crippen LogP contribution in [0.5, 0.6) is 0 Å². The lowest BCUT2D eigenvalue weighted by Gasteiger charge is -2.18. The van der Waals surface area contributed by atoms with E-state index in [4.69, 9.17) is 4.74 Å².